The molecule has 0 unspecified atom stereocenters. The molecule has 0 bridgehead atoms. The molecule has 2 N–H and O–H groups in total. The number of rotatable bonds is 2. The molecule has 0 radical (unpaired) electrons. The summed E-state index contributed by atoms with van der Waals surface area (Å²) in [5, 5.41) is 0. The molecule has 0 aliphatic heterocycles. The lowest BCUT2D eigenvalue weighted by molar-refractivity contribution is 0.494. The van der Waals surface area contributed by atoms with Crippen molar-refractivity contribution in [2.45, 2.75) is 26.8 Å². The van der Waals surface area contributed by atoms with Crippen LogP contribution in [0.3, 0.4) is 0 Å². The zero-order chi connectivity index (χ0) is 8.43. The average molecular weight is 153 g/mol. The van der Waals surface area contributed by atoms with Gasteiger partial charge in [0.15, 0.2) is 0 Å². The predicted octanol–water partition coefficient (Wildman–Crippen LogP) is 2.24. The molecule has 11 heavy (non-hydrogen) atoms. The van der Waals surface area contributed by atoms with Crippen LogP contribution < -0.4 is 5.73 Å². The molecule has 2 nitrogen and oxygen atoms in total. The van der Waals surface area contributed by atoms with Crippen molar-refractivity contribution >= 4 is 0 Å². The molecule has 0 spiro atoms. The van der Waals surface area contributed by atoms with E-state index >= 15 is 0 Å². The number of aryl methyl sites for hydroxylation is 1. The number of hydrogen-bond donors (Lipinski definition) is 1. The Bertz CT molecular complexity index is 227. The molecule has 0 aromatic carbocycles. The fourth-order valence-electron chi connectivity index (χ4n) is 1.02. The molecule has 2 heteroatoms. The molecule has 0 fully saturated rings. The Balaban J connectivity index is 2.76. The Morgan fingerprint density at radius 1 is 1.45 bits per heavy atom. The van der Waals surface area contributed by atoms with Crippen LogP contribution in [-0.2, 0) is 0 Å². The Labute approximate surface area is 67.4 Å². The maximum atomic E-state index is 5.89. The van der Waals surface area contributed by atoms with Crippen molar-refractivity contribution in [3.63, 3.8) is 0 Å². The summed E-state index contributed by atoms with van der Waals surface area (Å²) in [5.41, 5.74) is 6.99. The van der Waals surface area contributed by atoms with Crippen molar-refractivity contribution in [3.8, 4) is 0 Å². The van der Waals surface area contributed by atoms with E-state index in [0.29, 0.717) is 5.92 Å². The SMILES string of the molecule is Cc1cc([C@@H](N)C(C)C)co1. The molecule has 1 rings (SSSR count). The zero-order valence-electron chi connectivity index (χ0n) is 7.29. The van der Waals surface area contributed by atoms with Crippen molar-refractivity contribution in [2.24, 2.45) is 11.7 Å². The van der Waals surface area contributed by atoms with Crippen molar-refractivity contribution in [1.82, 2.24) is 0 Å². The molecule has 1 aromatic rings. The van der Waals surface area contributed by atoms with Gasteiger partial charge in [-0.1, -0.05) is 13.8 Å². The van der Waals surface area contributed by atoms with E-state index in [1.807, 2.05) is 13.0 Å². The van der Waals surface area contributed by atoms with Gasteiger partial charge in [0.25, 0.3) is 0 Å². The first-order valence-corrected chi connectivity index (χ1v) is 3.92. The van der Waals surface area contributed by atoms with Crippen LogP contribution in [0, 0.1) is 12.8 Å². The van der Waals surface area contributed by atoms with Gasteiger partial charge in [0.05, 0.1) is 6.26 Å². The van der Waals surface area contributed by atoms with Gasteiger partial charge in [0.2, 0.25) is 0 Å². The van der Waals surface area contributed by atoms with E-state index in [0.717, 1.165) is 11.3 Å². The van der Waals surface area contributed by atoms with Gasteiger partial charge in [-0.15, -0.1) is 0 Å². The normalized spacial score (nSPS) is 13.9. The van der Waals surface area contributed by atoms with Crippen LogP contribution in [0.15, 0.2) is 16.7 Å². The van der Waals surface area contributed by atoms with E-state index in [1.54, 1.807) is 6.26 Å². The lowest BCUT2D eigenvalue weighted by atomic mass is 10.00. The summed E-state index contributed by atoms with van der Waals surface area (Å²) >= 11 is 0. The number of furan rings is 1. The highest BCUT2D eigenvalue weighted by Crippen LogP contribution is 2.20. The van der Waals surface area contributed by atoms with E-state index in [4.69, 9.17) is 10.2 Å². The fourth-order valence-corrected chi connectivity index (χ4v) is 1.02. The minimum absolute atomic E-state index is 0.104. The standard InChI is InChI=1S/C9H15NO/c1-6(2)9(10)8-4-7(3)11-5-8/h4-6,9H,10H2,1-3H3/t9-/m0/s1. The minimum atomic E-state index is 0.104. The molecule has 0 aliphatic carbocycles. The van der Waals surface area contributed by atoms with Gasteiger partial charge in [-0.25, -0.2) is 0 Å². The summed E-state index contributed by atoms with van der Waals surface area (Å²) in [6.45, 7) is 6.14. The summed E-state index contributed by atoms with van der Waals surface area (Å²) in [6, 6.07) is 2.09. The second-order valence-corrected chi connectivity index (χ2v) is 3.26. The third-order valence-corrected chi connectivity index (χ3v) is 1.85. The van der Waals surface area contributed by atoms with Crippen LogP contribution >= 0.6 is 0 Å². The molecular formula is C9H15NO. The van der Waals surface area contributed by atoms with Gasteiger partial charge in [-0.2, -0.15) is 0 Å². The van der Waals surface area contributed by atoms with Gasteiger partial charge in [0.1, 0.15) is 5.76 Å². The molecule has 0 saturated heterocycles. The third kappa shape index (κ3) is 1.84. The highest BCUT2D eigenvalue weighted by atomic mass is 16.3. The Morgan fingerprint density at radius 2 is 2.09 bits per heavy atom. The smallest absolute Gasteiger partial charge is 0.101 e. The van der Waals surface area contributed by atoms with Gasteiger partial charge in [-0.05, 0) is 18.9 Å². The van der Waals surface area contributed by atoms with Crippen molar-refractivity contribution in [2.75, 3.05) is 0 Å². The fraction of sp³-hybridized carbons (Fsp3) is 0.556. The van der Waals surface area contributed by atoms with Crippen molar-refractivity contribution in [1.29, 1.82) is 0 Å². The van der Waals surface area contributed by atoms with Crippen molar-refractivity contribution < 1.29 is 4.42 Å². The second kappa shape index (κ2) is 3.09. The summed E-state index contributed by atoms with van der Waals surface area (Å²) in [4.78, 5) is 0. The van der Waals surface area contributed by atoms with E-state index in [2.05, 4.69) is 13.8 Å². The van der Waals surface area contributed by atoms with Crippen LogP contribution in [0.1, 0.15) is 31.2 Å². The third-order valence-electron chi connectivity index (χ3n) is 1.85. The molecule has 0 aliphatic rings. The van der Waals surface area contributed by atoms with Gasteiger partial charge in [-0.3, -0.25) is 0 Å². The number of nitrogens with two attached hydrogens (primary N) is 1. The summed E-state index contributed by atoms with van der Waals surface area (Å²) in [5.74, 6) is 1.39. The topological polar surface area (TPSA) is 39.2 Å². The predicted molar refractivity (Wildman–Crippen MR) is 45.2 cm³/mol. The van der Waals surface area contributed by atoms with Crippen LogP contribution in [0.2, 0.25) is 0 Å². The Hall–Kier alpha value is -0.760. The van der Waals surface area contributed by atoms with Crippen LogP contribution in [0.4, 0.5) is 0 Å². The Kier molecular flexibility index (Phi) is 2.35. The largest absolute Gasteiger partial charge is 0.469 e. The summed E-state index contributed by atoms with van der Waals surface area (Å²) in [6.07, 6.45) is 1.74. The molecule has 1 aromatic heterocycles. The molecule has 62 valence electrons. The van der Waals surface area contributed by atoms with Crippen LogP contribution in [0.5, 0.6) is 0 Å². The quantitative estimate of drug-likeness (QED) is 0.707. The highest BCUT2D eigenvalue weighted by molar-refractivity contribution is 5.16. The molecule has 0 amide bonds. The highest BCUT2D eigenvalue weighted by Gasteiger charge is 2.11. The van der Waals surface area contributed by atoms with Crippen LogP contribution in [0.25, 0.3) is 0 Å². The van der Waals surface area contributed by atoms with Crippen molar-refractivity contribution in [3.05, 3.63) is 23.7 Å². The minimum Gasteiger partial charge on any atom is -0.469 e. The van der Waals surface area contributed by atoms with E-state index in [-0.39, 0.29) is 6.04 Å². The van der Waals surface area contributed by atoms with Crippen LogP contribution in [-0.4, -0.2) is 0 Å². The zero-order valence-corrected chi connectivity index (χ0v) is 7.29. The first-order chi connectivity index (χ1) is 5.11. The molecule has 1 atom stereocenters. The summed E-state index contributed by atoms with van der Waals surface area (Å²) < 4.78 is 5.16. The van der Waals surface area contributed by atoms with Gasteiger partial charge < -0.3 is 10.2 Å². The van der Waals surface area contributed by atoms with E-state index < -0.39 is 0 Å². The lowest BCUT2D eigenvalue weighted by Gasteiger charge is -2.12. The van der Waals surface area contributed by atoms with E-state index in [9.17, 15) is 0 Å². The monoisotopic (exact) mass is 153 g/mol. The lowest BCUT2D eigenvalue weighted by Crippen LogP contribution is -2.15. The average Bonchev–Trinajstić information content (AvgIpc) is 2.34. The van der Waals surface area contributed by atoms with E-state index in [1.165, 1.54) is 0 Å². The molecule has 1 heterocycles. The Morgan fingerprint density at radius 3 is 2.45 bits per heavy atom. The first kappa shape index (κ1) is 8.34. The van der Waals surface area contributed by atoms with Gasteiger partial charge in [0, 0.05) is 11.6 Å². The second-order valence-electron chi connectivity index (χ2n) is 3.26. The molecular weight excluding hydrogens is 138 g/mol. The summed E-state index contributed by atoms with van der Waals surface area (Å²) in [7, 11) is 0. The first-order valence-electron chi connectivity index (χ1n) is 3.92. The maximum absolute atomic E-state index is 5.89. The number of hydrogen-bond acceptors (Lipinski definition) is 2. The maximum Gasteiger partial charge on any atom is 0.101 e. The van der Waals surface area contributed by atoms with Gasteiger partial charge >= 0.3 is 0 Å². The molecule has 0 saturated carbocycles.